The van der Waals surface area contributed by atoms with Crippen LogP contribution in [0.25, 0.3) is 0 Å². The van der Waals surface area contributed by atoms with Crippen molar-refractivity contribution in [2.45, 2.75) is 84.8 Å². The molecule has 0 aromatic rings. The molecular formula is C16H30O3. The zero-order valence-corrected chi connectivity index (χ0v) is 13.2. The van der Waals surface area contributed by atoms with Crippen LogP contribution in [0, 0.1) is 0 Å². The SMILES string of the molecule is CC=C(C)C(=O)OC(C)(C)C(O)CCCCCCC. The molecule has 0 heterocycles. The lowest BCUT2D eigenvalue weighted by Gasteiger charge is -2.30. The molecule has 0 rings (SSSR count). The van der Waals surface area contributed by atoms with Gasteiger partial charge in [0.2, 0.25) is 0 Å². The highest BCUT2D eigenvalue weighted by atomic mass is 16.6. The Labute approximate surface area is 118 Å². The number of hydrogen-bond donors (Lipinski definition) is 1. The van der Waals surface area contributed by atoms with Crippen molar-refractivity contribution in [2.24, 2.45) is 0 Å². The molecule has 0 bridgehead atoms. The number of aliphatic hydroxyl groups excluding tert-OH is 1. The van der Waals surface area contributed by atoms with Crippen LogP contribution in [-0.4, -0.2) is 22.8 Å². The van der Waals surface area contributed by atoms with Gasteiger partial charge in [-0.15, -0.1) is 0 Å². The van der Waals surface area contributed by atoms with Crippen molar-refractivity contribution in [2.75, 3.05) is 0 Å². The predicted octanol–water partition coefficient (Wildman–Crippen LogP) is 4.00. The van der Waals surface area contributed by atoms with Crippen molar-refractivity contribution < 1.29 is 14.6 Å². The topological polar surface area (TPSA) is 46.5 Å². The summed E-state index contributed by atoms with van der Waals surface area (Å²) in [5.74, 6) is -0.350. The van der Waals surface area contributed by atoms with E-state index in [1.807, 2.05) is 0 Å². The number of allylic oxidation sites excluding steroid dienone is 1. The molecule has 0 radical (unpaired) electrons. The lowest BCUT2D eigenvalue weighted by molar-refractivity contribution is -0.163. The van der Waals surface area contributed by atoms with Gasteiger partial charge in [-0.2, -0.15) is 0 Å². The molecule has 0 aliphatic rings. The first-order valence-electron chi connectivity index (χ1n) is 7.39. The number of ether oxygens (including phenoxy) is 1. The van der Waals surface area contributed by atoms with E-state index in [4.69, 9.17) is 4.74 Å². The third-order valence-electron chi connectivity index (χ3n) is 3.49. The van der Waals surface area contributed by atoms with Crippen molar-refractivity contribution in [3.63, 3.8) is 0 Å². The number of aliphatic hydroxyl groups is 1. The number of hydrogen-bond acceptors (Lipinski definition) is 3. The molecule has 3 heteroatoms. The van der Waals surface area contributed by atoms with Gasteiger partial charge in [0.15, 0.2) is 0 Å². The molecule has 1 atom stereocenters. The molecule has 0 spiro atoms. The lowest BCUT2D eigenvalue weighted by Crippen LogP contribution is -2.41. The molecular weight excluding hydrogens is 240 g/mol. The minimum absolute atomic E-state index is 0.350. The Hall–Kier alpha value is -0.830. The number of carbonyl (C=O) groups excluding carboxylic acids is 1. The first kappa shape index (κ1) is 18.2. The maximum absolute atomic E-state index is 11.7. The highest BCUT2D eigenvalue weighted by Gasteiger charge is 2.31. The molecule has 1 N–H and O–H groups in total. The van der Waals surface area contributed by atoms with Crippen LogP contribution in [0.1, 0.15) is 73.1 Å². The Bertz CT molecular complexity index is 292. The Morgan fingerprint density at radius 2 is 1.84 bits per heavy atom. The summed E-state index contributed by atoms with van der Waals surface area (Å²) in [6.45, 7) is 9.24. The highest BCUT2D eigenvalue weighted by Crippen LogP contribution is 2.21. The minimum Gasteiger partial charge on any atom is -0.454 e. The Morgan fingerprint density at radius 1 is 1.26 bits per heavy atom. The van der Waals surface area contributed by atoms with Crippen LogP contribution in [0.15, 0.2) is 11.6 Å². The van der Waals surface area contributed by atoms with Gasteiger partial charge in [-0.1, -0.05) is 45.1 Å². The van der Waals surface area contributed by atoms with Gasteiger partial charge in [0.05, 0.1) is 6.10 Å². The molecule has 0 aliphatic carbocycles. The Kier molecular flexibility index (Phi) is 8.73. The first-order chi connectivity index (χ1) is 8.85. The van der Waals surface area contributed by atoms with Gasteiger partial charge in [-0.3, -0.25) is 0 Å². The maximum Gasteiger partial charge on any atom is 0.333 e. The van der Waals surface area contributed by atoms with Gasteiger partial charge in [0, 0.05) is 5.57 Å². The molecule has 1 unspecified atom stereocenters. The first-order valence-corrected chi connectivity index (χ1v) is 7.39. The smallest absolute Gasteiger partial charge is 0.333 e. The molecule has 0 saturated heterocycles. The molecule has 0 aliphatic heterocycles. The Balaban J connectivity index is 4.13. The summed E-state index contributed by atoms with van der Waals surface area (Å²) in [6.07, 6.45) is 7.56. The number of unbranched alkanes of at least 4 members (excludes halogenated alkanes) is 4. The van der Waals surface area contributed by atoms with Gasteiger partial charge < -0.3 is 9.84 Å². The van der Waals surface area contributed by atoms with Crippen LogP contribution in [0.2, 0.25) is 0 Å². The molecule has 3 nitrogen and oxygen atoms in total. The fourth-order valence-corrected chi connectivity index (χ4v) is 1.79. The monoisotopic (exact) mass is 270 g/mol. The molecule has 0 aromatic heterocycles. The highest BCUT2D eigenvalue weighted by molar-refractivity contribution is 5.87. The summed E-state index contributed by atoms with van der Waals surface area (Å²) in [4.78, 5) is 11.7. The second-order valence-corrected chi connectivity index (χ2v) is 5.68. The van der Waals surface area contributed by atoms with E-state index in [1.54, 1.807) is 33.8 Å². The van der Waals surface area contributed by atoms with Gasteiger partial charge in [0.1, 0.15) is 5.60 Å². The largest absolute Gasteiger partial charge is 0.454 e. The van der Waals surface area contributed by atoms with Crippen molar-refractivity contribution >= 4 is 5.97 Å². The zero-order chi connectivity index (χ0) is 14.9. The van der Waals surface area contributed by atoms with E-state index in [1.165, 1.54) is 19.3 Å². The van der Waals surface area contributed by atoms with Crippen LogP contribution in [0.3, 0.4) is 0 Å². The zero-order valence-electron chi connectivity index (χ0n) is 13.2. The number of rotatable bonds is 9. The maximum atomic E-state index is 11.7. The van der Waals surface area contributed by atoms with Gasteiger partial charge in [-0.05, 0) is 34.1 Å². The molecule has 0 aromatic carbocycles. The van der Waals surface area contributed by atoms with Gasteiger partial charge >= 0.3 is 5.97 Å². The number of carbonyl (C=O) groups is 1. The summed E-state index contributed by atoms with van der Waals surface area (Å²) in [5.41, 5.74) is -0.255. The van der Waals surface area contributed by atoms with Crippen LogP contribution >= 0.6 is 0 Å². The van der Waals surface area contributed by atoms with Crippen LogP contribution in [0.4, 0.5) is 0 Å². The number of esters is 1. The van der Waals surface area contributed by atoms with Crippen molar-refractivity contribution in [1.29, 1.82) is 0 Å². The van der Waals surface area contributed by atoms with Crippen molar-refractivity contribution in [3.05, 3.63) is 11.6 Å². The van der Waals surface area contributed by atoms with E-state index in [0.717, 1.165) is 12.8 Å². The standard InChI is InChI=1S/C16H30O3/c1-6-8-9-10-11-12-14(17)16(4,5)19-15(18)13(3)7-2/h7,14,17H,6,8-12H2,1-5H3. The molecule has 0 saturated carbocycles. The fourth-order valence-electron chi connectivity index (χ4n) is 1.79. The third-order valence-corrected chi connectivity index (χ3v) is 3.49. The summed E-state index contributed by atoms with van der Waals surface area (Å²) < 4.78 is 5.37. The molecule has 112 valence electrons. The van der Waals surface area contributed by atoms with Crippen molar-refractivity contribution in [1.82, 2.24) is 0 Å². The summed E-state index contributed by atoms with van der Waals surface area (Å²) >= 11 is 0. The van der Waals surface area contributed by atoms with E-state index in [2.05, 4.69) is 6.92 Å². The Morgan fingerprint density at radius 3 is 2.37 bits per heavy atom. The van der Waals surface area contributed by atoms with E-state index >= 15 is 0 Å². The summed E-state index contributed by atoms with van der Waals surface area (Å²) in [6, 6.07) is 0. The van der Waals surface area contributed by atoms with E-state index in [-0.39, 0.29) is 5.97 Å². The van der Waals surface area contributed by atoms with Crippen LogP contribution in [0.5, 0.6) is 0 Å². The molecule has 0 amide bonds. The lowest BCUT2D eigenvalue weighted by atomic mass is 9.95. The average molecular weight is 270 g/mol. The van der Waals surface area contributed by atoms with Gasteiger partial charge in [-0.25, -0.2) is 4.79 Å². The molecule has 0 fully saturated rings. The second-order valence-electron chi connectivity index (χ2n) is 5.68. The average Bonchev–Trinajstić information content (AvgIpc) is 2.36. The minimum atomic E-state index is -0.827. The normalized spacial score (nSPS) is 14.3. The van der Waals surface area contributed by atoms with E-state index in [9.17, 15) is 9.90 Å². The summed E-state index contributed by atoms with van der Waals surface area (Å²) in [5, 5.41) is 10.1. The van der Waals surface area contributed by atoms with Crippen LogP contribution in [-0.2, 0) is 9.53 Å². The quantitative estimate of drug-likeness (QED) is 0.391. The third kappa shape index (κ3) is 7.36. The van der Waals surface area contributed by atoms with Gasteiger partial charge in [0.25, 0.3) is 0 Å². The van der Waals surface area contributed by atoms with Crippen molar-refractivity contribution in [3.8, 4) is 0 Å². The molecule has 19 heavy (non-hydrogen) atoms. The summed E-state index contributed by atoms with van der Waals surface area (Å²) in [7, 11) is 0. The van der Waals surface area contributed by atoms with Crippen LogP contribution < -0.4 is 0 Å². The van der Waals surface area contributed by atoms with E-state index in [0.29, 0.717) is 12.0 Å². The fraction of sp³-hybridized carbons (Fsp3) is 0.812. The van der Waals surface area contributed by atoms with E-state index < -0.39 is 11.7 Å². The second kappa shape index (κ2) is 9.13. The predicted molar refractivity (Wildman–Crippen MR) is 79.0 cm³/mol.